The molecule has 0 spiro atoms. The molecule has 2 aromatic rings. The molecule has 2 N–H and O–H groups in total. The van der Waals surface area contributed by atoms with Crippen molar-refractivity contribution in [2.24, 2.45) is 5.10 Å². The minimum absolute atomic E-state index is 0.0947. The van der Waals surface area contributed by atoms with Gasteiger partial charge >= 0.3 is 0 Å². The van der Waals surface area contributed by atoms with Gasteiger partial charge in [0.15, 0.2) is 0 Å². The van der Waals surface area contributed by atoms with Crippen LogP contribution in [0, 0.1) is 0 Å². The molecule has 5 nitrogen and oxygen atoms in total. The summed E-state index contributed by atoms with van der Waals surface area (Å²) in [5, 5.41) is 13.7. The molecule has 0 aliphatic rings. The minimum Gasteiger partial charge on any atom is -0.507 e. The number of benzene rings is 2. The van der Waals surface area contributed by atoms with Gasteiger partial charge in [-0.25, -0.2) is 5.43 Å². The Kier molecular flexibility index (Phi) is 9.55. The molecule has 0 saturated carbocycles. The smallest absolute Gasteiger partial charge is 0.275 e. The molecule has 1 amide bonds. The Bertz CT molecular complexity index is 776. The third kappa shape index (κ3) is 7.72. The molecule has 6 heteroatoms. The number of carbonyl (C=O) groups excluding carboxylic acids is 1. The number of phenolic OH excluding ortho intramolecular Hbond substituents is 1. The molecule has 2 aromatic carbocycles. The monoisotopic (exact) mass is 446 g/mol. The Morgan fingerprint density at radius 3 is 2.57 bits per heavy atom. The van der Waals surface area contributed by atoms with Crippen LogP contribution in [-0.4, -0.2) is 23.8 Å². The number of aromatic hydroxyl groups is 1. The van der Waals surface area contributed by atoms with Gasteiger partial charge in [0.2, 0.25) is 0 Å². The van der Waals surface area contributed by atoms with E-state index in [2.05, 4.69) is 33.4 Å². The molecular weight excluding hydrogens is 420 g/mol. The van der Waals surface area contributed by atoms with Gasteiger partial charge in [-0.1, -0.05) is 55.0 Å². The van der Waals surface area contributed by atoms with Crippen molar-refractivity contribution in [2.45, 2.75) is 45.4 Å². The molecule has 0 radical (unpaired) electrons. The summed E-state index contributed by atoms with van der Waals surface area (Å²) >= 11 is 3.27. The lowest BCUT2D eigenvalue weighted by Crippen LogP contribution is -2.17. The normalized spacial score (nSPS) is 10.9. The Morgan fingerprint density at radius 2 is 1.82 bits per heavy atom. The van der Waals surface area contributed by atoms with Gasteiger partial charge in [0.25, 0.3) is 5.91 Å². The van der Waals surface area contributed by atoms with Crippen molar-refractivity contribution in [1.29, 1.82) is 0 Å². The molecule has 0 aliphatic heterocycles. The molecular formula is C22H27BrN2O3. The maximum absolute atomic E-state index is 12.1. The van der Waals surface area contributed by atoms with Gasteiger partial charge in [-0.2, -0.15) is 5.10 Å². The second kappa shape index (κ2) is 12.2. The predicted molar refractivity (Wildman–Crippen MR) is 116 cm³/mol. The number of nitrogens with zero attached hydrogens (tertiary/aromatic N) is 1. The first-order valence-electron chi connectivity index (χ1n) is 9.65. The minimum atomic E-state index is -0.478. The van der Waals surface area contributed by atoms with Crippen molar-refractivity contribution in [3.63, 3.8) is 0 Å². The summed E-state index contributed by atoms with van der Waals surface area (Å²) in [5.74, 6) is 0.255. The van der Waals surface area contributed by atoms with Crippen LogP contribution < -0.4 is 10.2 Å². The first kappa shape index (κ1) is 22.0. The first-order chi connectivity index (χ1) is 13.6. The highest BCUT2D eigenvalue weighted by atomic mass is 79.9. The van der Waals surface area contributed by atoms with Gasteiger partial charge in [0, 0.05) is 4.47 Å². The predicted octanol–water partition coefficient (Wildman–Crippen LogP) is 5.66. The lowest BCUT2D eigenvalue weighted by atomic mass is 10.1. The lowest BCUT2D eigenvalue weighted by Gasteiger charge is -2.06. The highest BCUT2D eigenvalue weighted by Crippen LogP contribution is 2.21. The third-order valence-electron chi connectivity index (χ3n) is 4.23. The van der Waals surface area contributed by atoms with E-state index in [9.17, 15) is 9.90 Å². The molecule has 0 atom stereocenters. The van der Waals surface area contributed by atoms with E-state index in [1.807, 2.05) is 24.3 Å². The topological polar surface area (TPSA) is 70.9 Å². The number of halogens is 1. The molecule has 0 aliphatic carbocycles. The van der Waals surface area contributed by atoms with Crippen molar-refractivity contribution >= 4 is 28.1 Å². The number of rotatable bonds is 11. The number of hydrogen-bond donors (Lipinski definition) is 2. The molecule has 28 heavy (non-hydrogen) atoms. The van der Waals surface area contributed by atoms with E-state index >= 15 is 0 Å². The standard InChI is InChI=1S/C22H27BrN2O3/c1-2-3-4-5-6-7-14-28-19-11-8-17(9-12-19)16-24-25-22(27)20-15-18(23)10-13-21(20)26/h8-13,15-16,26H,2-7,14H2,1H3,(H,25,27)/b24-16-. The van der Waals surface area contributed by atoms with Gasteiger partial charge in [-0.3, -0.25) is 4.79 Å². The van der Waals surface area contributed by atoms with Crippen LogP contribution in [0.15, 0.2) is 52.0 Å². The zero-order valence-electron chi connectivity index (χ0n) is 16.2. The molecule has 0 fully saturated rings. The zero-order chi connectivity index (χ0) is 20.2. The Morgan fingerprint density at radius 1 is 1.11 bits per heavy atom. The molecule has 0 unspecified atom stereocenters. The Labute approximate surface area is 174 Å². The van der Waals surface area contributed by atoms with Gasteiger partial charge in [-0.15, -0.1) is 0 Å². The number of carbonyl (C=O) groups is 1. The maximum Gasteiger partial charge on any atom is 0.275 e. The van der Waals surface area contributed by atoms with Gasteiger partial charge in [0.1, 0.15) is 11.5 Å². The number of ether oxygens (including phenoxy) is 1. The van der Waals surface area contributed by atoms with E-state index in [1.165, 1.54) is 44.2 Å². The van der Waals surface area contributed by atoms with Crippen molar-refractivity contribution in [3.05, 3.63) is 58.1 Å². The summed E-state index contributed by atoms with van der Waals surface area (Å²) in [5.41, 5.74) is 3.41. The van der Waals surface area contributed by atoms with Crippen LogP contribution in [0.25, 0.3) is 0 Å². The number of unbranched alkanes of at least 4 members (excludes halogenated alkanes) is 5. The van der Waals surface area contributed by atoms with Crippen LogP contribution in [0.4, 0.5) is 0 Å². The highest BCUT2D eigenvalue weighted by molar-refractivity contribution is 9.10. The van der Waals surface area contributed by atoms with E-state index in [0.717, 1.165) is 24.3 Å². The summed E-state index contributed by atoms with van der Waals surface area (Å²) in [6.07, 6.45) is 8.98. The number of hydrogen-bond acceptors (Lipinski definition) is 4. The van der Waals surface area contributed by atoms with Crippen molar-refractivity contribution < 1.29 is 14.6 Å². The average molecular weight is 447 g/mol. The van der Waals surface area contributed by atoms with E-state index in [1.54, 1.807) is 12.3 Å². The Balaban J connectivity index is 1.74. The SMILES string of the molecule is CCCCCCCCOc1ccc(/C=N\NC(=O)c2cc(Br)ccc2O)cc1. The maximum atomic E-state index is 12.1. The van der Waals surface area contributed by atoms with E-state index in [-0.39, 0.29) is 11.3 Å². The van der Waals surface area contributed by atoms with Crippen molar-refractivity contribution in [3.8, 4) is 11.5 Å². The molecule has 0 heterocycles. The number of nitrogens with one attached hydrogen (secondary N) is 1. The second-order valence-electron chi connectivity index (χ2n) is 6.55. The summed E-state index contributed by atoms with van der Waals surface area (Å²) in [6.45, 7) is 2.95. The summed E-state index contributed by atoms with van der Waals surface area (Å²) < 4.78 is 6.45. The summed E-state index contributed by atoms with van der Waals surface area (Å²) in [4.78, 5) is 12.1. The zero-order valence-corrected chi connectivity index (χ0v) is 17.7. The van der Waals surface area contributed by atoms with Crippen LogP contribution in [-0.2, 0) is 0 Å². The fourth-order valence-corrected chi connectivity index (χ4v) is 3.00. The fourth-order valence-electron chi connectivity index (χ4n) is 2.64. The number of phenols is 1. The first-order valence-corrected chi connectivity index (χ1v) is 10.4. The largest absolute Gasteiger partial charge is 0.507 e. The Hall–Kier alpha value is -2.34. The molecule has 2 rings (SSSR count). The van der Waals surface area contributed by atoms with Crippen molar-refractivity contribution in [1.82, 2.24) is 5.43 Å². The van der Waals surface area contributed by atoms with Crippen LogP contribution in [0.2, 0.25) is 0 Å². The van der Waals surface area contributed by atoms with Crippen LogP contribution in [0.5, 0.6) is 11.5 Å². The molecule has 150 valence electrons. The average Bonchev–Trinajstić information content (AvgIpc) is 2.70. The van der Waals surface area contributed by atoms with Gasteiger partial charge in [-0.05, 0) is 54.4 Å². The molecule has 0 bridgehead atoms. The van der Waals surface area contributed by atoms with Crippen LogP contribution >= 0.6 is 15.9 Å². The van der Waals surface area contributed by atoms with E-state index in [0.29, 0.717) is 4.47 Å². The summed E-state index contributed by atoms with van der Waals surface area (Å²) in [7, 11) is 0. The number of hydrazone groups is 1. The number of amides is 1. The van der Waals surface area contributed by atoms with Crippen LogP contribution in [0.3, 0.4) is 0 Å². The van der Waals surface area contributed by atoms with Crippen molar-refractivity contribution in [2.75, 3.05) is 6.61 Å². The lowest BCUT2D eigenvalue weighted by molar-refractivity contribution is 0.0952. The van der Waals surface area contributed by atoms with E-state index < -0.39 is 5.91 Å². The quantitative estimate of drug-likeness (QED) is 0.265. The summed E-state index contributed by atoms with van der Waals surface area (Å²) in [6, 6.07) is 12.2. The molecule has 0 aromatic heterocycles. The highest BCUT2D eigenvalue weighted by Gasteiger charge is 2.10. The van der Waals surface area contributed by atoms with Gasteiger partial charge < -0.3 is 9.84 Å². The van der Waals surface area contributed by atoms with Crippen LogP contribution in [0.1, 0.15) is 61.4 Å². The van der Waals surface area contributed by atoms with Gasteiger partial charge in [0.05, 0.1) is 18.4 Å². The third-order valence-corrected chi connectivity index (χ3v) is 4.72. The molecule has 0 saturated heterocycles. The fraction of sp³-hybridized carbons (Fsp3) is 0.364. The van der Waals surface area contributed by atoms with E-state index in [4.69, 9.17) is 4.74 Å². The second-order valence-corrected chi connectivity index (χ2v) is 7.46.